The molecule has 118 valence electrons. The zero-order chi connectivity index (χ0) is 16.1. The van der Waals surface area contributed by atoms with E-state index in [0.717, 1.165) is 17.1 Å². The van der Waals surface area contributed by atoms with Crippen molar-refractivity contribution in [2.45, 2.75) is 17.7 Å². The van der Waals surface area contributed by atoms with Crippen LogP contribution in [0.25, 0.3) is 5.03 Å². The van der Waals surface area contributed by atoms with Crippen LogP contribution in [0, 0.1) is 5.92 Å². The zero-order valence-electron chi connectivity index (χ0n) is 11.8. The first-order chi connectivity index (χ1) is 10.3. The van der Waals surface area contributed by atoms with Crippen LogP contribution in [0.15, 0.2) is 33.3 Å². The topological polar surface area (TPSA) is 66.5 Å². The van der Waals surface area contributed by atoms with Gasteiger partial charge in [-0.1, -0.05) is 33.6 Å². The largest absolute Gasteiger partial charge is 0.350 e. The van der Waals surface area contributed by atoms with Crippen LogP contribution in [0.2, 0.25) is 0 Å². The maximum atomic E-state index is 12.6. The van der Waals surface area contributed by atoms with E-state index in [1.54, 1.807) is 12.1 Å². The number of fused-ring (bicyclic) bond motifs is 1. The van der Waals surface area contributed by atoms with Crippen molar-refractivity contribution >= 4 is 48.5 Å². The Kier molecular flexibility index (Phi) is 3.99. The van der Waals surface area contributed by atoms with Crippen LogP contribution < -0.4 is 5.32 Å². The summed E-state index contributed by atoms with van der Waals surface area (Å²) in [6.07, 6.45) is 2.19. The molecule has 1 aliphatic carbocycles. The monoisotopic (exact) mass is 404 g/mol. The number of nitrogens with zero attached hydrogens (tertiary/aromatic N) is 1. The van der Waals surface area contributed by atoms with E-state index in [2.05, 4.69) is 21.2 Å². The number of carbonyl (C=O) groups excluding carboxylic acids is 1. The SMILES string of the molecule is CN1C(C(=O)NCC2CC2)=C(Cl)c2ccc(Br)cc2S1(=O)=O. The van der Waals surface area contributed by atoms with E-state index in [1.165, 1.54) is 13.1 Å². The number of halogens is 2. The Hall–Kier alpha value is -1.05. The summed E-state index contributed by atoms with van der Waals surface area (Å²) in [6, 6.07) is 4.78. The minimum absolute atomic E-state index is 0.0304. The summed E-state index contributed by atoms with van der Waals surface area (Å²) < 4.78 is 26.8. The molecule has 1 aromatic carbocycles. The van der Waals surface area contributed by atoms with E-state index >= 15 is 0 Å². The van der Waals surface area contributed by atoms with Gasteiger partial charge in [-0.05, 0) is 30.9 Å². The molecule has 1 amide bonds. The van der Waals surface area contributed by atoms with Crippen LogP contribution in [0.4, 0.5) is 0 Å². The van der Waals surface area contributed by atoms with Crippen molar-refractivity contribution in [3.63, 3.8) is 0 Å². The second-order valence-electron chi connectivity index (χ2n) is 5.43. The molecule has 0 bridgehead atoms. The van der Waals surface area contributed by atoms with Gasteiger partial charge in [0.2, 0.25) is 0 Å². The highest BCUT2D eigenvalue weighted by Gasteiger charge is 2.37. The Labute approximate surface area is 142 Å². The van der Waals surface area contributed by atoms with Gasteiger partial charge in [0.05, 0.1) is 9.93 Å². The van der Waals surface area contributed by atoms with Crippen molar-refractivity contribution in [3.8, 4) is 0 Å². The molecule has 0 radical (unpaired) electrons. The number of likely N-dealkylation sites (N-methyl/N-ethyl adjacent to an activating group) is 1. The van der Waals surface area contributed by atoms with E-state index in [1.807, 2.05) is 0 Å². The lowest BCUT2D eigenvalue weighted by Gasteiger charge is -2.28. The number of sulfonamides is 1. The molecule has 2 aliphatic rings. The molecule has 8 heteroatoms. The average Bonchev–Trinajstić information content (AvgIpc) is 3.28. The fourth-order valence-corrected chi connectivity index (χ4v) is 4.74. The lowest BCUT2D eigenvalue weighted by molar-refractivity contribution is -0.118. The van der Waals surface area contributed by atoms with Gasteiger partial charge < -0.3 is 5.32 Å². The summed E-state index contributed by atoms with van der Waals surface area (Å²) in [7, 11) is -2.45. The molecule has 1 aromatic rings. The molecule has 0 spiro atoms. The van der Waals surface area contributed by atoms with Gasteiger partial charge in [0.25, 0.3) is 15.9 Å². The van der Waals surface area contributed by atoms with Gasteiger partial charge in [-0.2, -0.15) is 0 Å². The molecule has 1 N–H and O–H groups in total. The van der Waals surface area contributed by atoms with Crippen molar-refractivity contribution in [3.05, 3.63) is 33.9 Å². The molecule has 1 fully saturated rings. The quantitative estimate of drug-likeness (QED) is 0.840. The minimum Gasteiger partial charge on any atom is -0.350 e. The number of hydrogen-bond donors (Lipinski definition) is 1. The first-order valence-corrected chi connectivity index (χ1v) is 9.40. The fraction of sp³-hybridized carbons (Fsp3) is 0.357. The van der Waals surface area contributed by atoms with Gasteiger partial charge in [-0.25, -0.2) is 8.42 Å². The Bertz CT molecular complexity index is 787. The summed E-state index contributed by atoms with van der Waals surface area (Å²) in [6.45, 7) is 0.549. The lowest BCUT2D eigenvalue weighted by Crippen LogP contribution is -2.39. The highest BCUT2D eigenvalue weighted by Crippen LogP contribution is 2.39. The predicted molar refractivity (Wildman–Crippen MR) is 87.6 cm³/mol. The highest BCUT2D eigenvalue weighted by molar-refractivity contribution is 9.10. The Morgan fingerprint density at radius 2 is 2.14 bits per heavy atom. The Morgan fingerprint density at radius 3 is 2.77 bits per heavy atom. The van der Waals surface area contributed by atoms with Gasteiger partial charge in [-0.15, -0.1) is 0 Å². The van der Waals surface area contributed by atoms with Crippen LogP contribution in [-0.2, 0) is 14.8 Å². The maximum Gasteiger partial charge on any atom is 0.270 e. The van der Waals surface area contributed by atoms with Crippen molar-refractivity contribution in [2.75, 3.05) is 13.6 Å². The van der Waals surface area contributed by atoms with E-state index in [0.29, 0.717) is 22.5 Å². The molecule has 3 rings (SSSR count). The van der Waals surface area contributed by atoms with Crippen molar-refractivity contribution in [1.29, 1.82) is 0 Å². The molecular formula is C14H14BrClN2O3S. The Balaban J connectivity index is 2.06. The number of hydrogen-bond acceptors (Lipinski definition) is 3. The van der Waals surface area contributed by atoms with Gasteiger partial charge in [0, 0.05) is 23.6 Å². The zero-order valence-corrected chi connectivity index (χ0v) is 14.9. The average molecular weight is 406 g/mol. The number of benzene rings is 1. The van der Waals surface area contributed by atoms with E-state index in [4.69, 9.17) is 11.6 Å². The molecule has 0 atom stereocenters. The summed E-state index contributed by atoms with van der Waals surface area (Å²) in [4.78, 5) is 12.4. The molecule has 22 heavy (non-hydrogen) atoms. The summed E-state index contributed by atoms with van der Waals surface area (Å²) in [5, 5.41) is 2.90. The Morgan fingerprint density at radius 1 is 1.45 bits per heavy atom. The van der Waals surface area contributed by atoms with E-state index in [9.17, 15) is 13.2 Å². The number of carbonyl (C=O) groups is 1. The first-order valence-electron chi connectivity index (χ1n) is 6.79. The molecular weight excluding hydrogens is 392 g/mol. The highest BCUT2D eigenvalue weighted by atomic mass is 79.9. The van der Waals surface area contributed by atoms with Gasteiger partial charge in [0.1, 0.15) is 5.70 Å². The normalized spacial score (nSPS) is 19.9. The second-order valence-corrected chi connectivity index (χ2v) is 8.66. The smallest absolute Gasteiger partial charge is 0.270 e. The fourth-order valence-electron chi connectivity index (χ4n) is 2.31. The second kappa shape index (κ2) is 5.54. The standard InChI is InChI=1S/C14H14BrClN2O3S/c1-18-13(14(19)17-7-8-2-3-8)12(16)10-5-4-9(15)6-11(10)22(18,20)21/h4-6,8H,2-3,7H2,1H3,(H,17,19). The number of rotatable bonds is 3. The van der Waals surface area contributed by atoms with Crippen LogP contribution >= 0.6 is 27.5 Å². The number of amides is 1. The lowest BCUT2D eigenvalue weighted by atomic mass is 10.1. The van der Waals surface area contributed by atoms with Crippen molar-refractivity contribution in [1.82, 2.24) is 9.62 Å². The third-order valence-corrected chi connectivity index (χ3v) is 6.48. The van der Waals surface area contributed by atoms with Crippen LogP contribution in [-0.4, -0.2) is 32.2 Å². The molecule has 1 heterocycles. The molecule has 1 aliphatic heterocycles. The van der Waals surface area contributed by atoms with Gasteiger partial charge >= 0.3 is 0 Å². The molecule has 0 unspecified atom stereocenters. The molecule has 0 aromatic heterocycles. The van der Waals surface area contributed by atoms with Crippen molar-refractivity contribution in [2.24, 2.45) is 5.92 Å². The predicted octanol–water partition coefficient (Wildman–Crippen LogP) is 2.52. The molecule has 5 nitrogen and oxygen atoms in total. The molecule has 0 saturated heterocycles. The first kappa shape index (κ1) is 15.8. The summed E-state index contributed by atoms with van der Waals surface area (Å²) >= 11 is 9.56. The van der Waals surface area contributed by atoms with Crippen LogP contribution in [0.1, 0.15) is 18.4 Å². The van der Waals surface area contributed by atoms with Crippen molar-refractivity contribution < 1.29 is 13.2 Å². The third kappa shape index (κ3) is 2.66. The van der Waals surface area contributed by atoms with Gasteiger partial charge in [0.15, 0.2) is 0 Å². The molecule has 1 saturated carbocycles. The van der Waals surface area contributed by atoms with Crippen LogP contribution in [0.5, 0.6) is 0 Å². The third-order valence-electron chi connectivity index (χ3n) is 3.80. The van der Waals surface area contributed by atoms with Gasteiger partial charge in [-0.3, -0.25) is 9.10 Å². The number of nitrogens with one attached hydrogen (secondary N) is 1. The maximum absolute atomic E-state index is 12.6. The summed E-state index contributed by atoms with van der Waals surface area (Å²) in [5.74, 6) is 0.0358. The van der Waals surface area contributed by atoms with Crippen LogP contribution in [0.3, 0.4) is 0 Å². The summed E-state index contributed by atoms with van der Waals surface area (Å²) in [5.41, 5.74) is 0.316. The van der Waals surface area contributed by atoms with E-state index < -0.39 is 15.9 Å². The minimum atomic E-state index is -3.79. The van der Waals surface area contributed by atoms with E-state index in [-0.39, 0.29) is 15.6 Å².